The molecule has 0 spiro atoms. The molecule has 0 heterocycles. The maximum atomic E-state index is 12.6. The Kier molecular flexibility index (Phi) is 5.31. The molecule has 0 aromatic heterocycles. The number of benzene rings is 2. The van der Waals surface area contributed by atoms with Crippen molar-refractivity contribution in [1.82, 2.24) is 4.90 Å². The van der Waals surface area contributed by atoms with Gasteiger partial charge in [-0.3, -0.25) is 9.59 Å². The maximum absolute atomic E-state index is 12.6. The number of amides is 1. The molecule has 0 aliphatic rings. The Morgan fingerprint density at radius 1 is 1.00 bits per heavy atom. The van der Waals surface area contributed by atoms with E-state index >= 15 is 0 Å². The number of aryl methyl sites for hydroxylation is 1. The molecule has 0 atom stereocenters. The zero-order valence-corrected chi connectivity index (χ0v) is 12.8. The Labute approximate surface area is 130 Å². The number of esters is 1. The standard InChI is InChI=1S/C18H19NO3/c1-14-8-10-16(11-9-14)18(21)19(13-17(20)22-2)12-15-6-4-3-5-7-15/h3-11H,12-13H2,1-2H3. The highest BCUT2D eigenvalue weighted by molar-refractivity contribution is 5.96. The first kappa shape index (κ1) is 15.8. The van der Waals surface area contributed by atoms with Gasteiger partial charge in [-0.05, 0) is 24.6 Å². The fourth-order valence-corrected chi connectivity index (χ4v) is 2.10. The predicted molar refractivity (Wildman–Crippen MR) is 84.4 cm³/mol. The van der Waals surface area contributed by atoms with E-state index in [0.717, 1.165) is 11.1 Å². The molecule has 0 unspecified atom stereocenters. The summed E-state index contributed by atoms with van der Waals surface area (Å²) in [7, 11) is 1.32. The van der Waals surface area contributed by atoms with E-state index in [-0.39, 0.29) is 12.5 Å². The van der Waals surface area contributed by atoms with Crippen LogP contribution in [0, 0.1) is 6.92 Å². The molecule has 0 radical (unpaired) electrons. The lowest BCUT2D eigenvalue weighted by Crippen LogP contribution is -2.35. The molecule has 2 aromatic rings. The third-order valence-electron chi connectivity index (χ3n) is 3.35. The van der Waals surface area contributed by atoms with E-state index in [1.54, 1.807) is 12.1 Å². The minimum Gasteiger partial charge on any atom is -0.468 e. The lowest BCUT2D eigenvalue weighted by molar-refractivity contribution is -0.141. The number of hydrogen-bond donors (Lipinski definition) is 0. The van der Waals surface area contributed by atoms with E-state index in [0.29, 0.717) is 12.1 Å². The quantitative estimate of drug-likeness (QED) is 0.797. The van der Waals surface area contributed by atoms with Gasteiger partial charge in [0.15, 0.2) is 0 Å². The second-order valence-electron chi connectivity index (χ2n) is 5.09. The van der Waals surface area contributed by atoms with E-state index < -0.39 is 5.97 Å². The van der Waals surface area contributed by atoms with Crippen LogP contribution >= 0.6 is 0 Å². The summed E-state index contributed by atoms with van der Waals surface area (Å²) in [6.45, 7) is 2.26. The van der Waals surface area contributed by atoms with Gasteiger partial charge in [-0.2, -0.15) is 0 Å². The Bertz CT molecular complexity index is 635. The molecule has 2 rings (SSSR count). The van der Waals surface area contributed by atoms with Gasteiger partial charge < -0.3 is 9.64 Å². The molecule has 0 saturated carbocycles. The van der Waals surface area contributed by atoms with Crippen LogP contribution in [0.3, 0.4) is 0 Å². The second kappa shape index (κ2) is 7.41. The smallest absolute Gasteiger partial charge is 0.325 e. The number of carbonyl (C=O) groups excluding carboxylic acids is 2. The maximum Gasteiger partial charge on any atom is 0.325 e. The molecule has 4 heteroatoms. The van der Waals surface area contributed by atoms with Crippen molar-refractivity contribution in [2.24, 2.45) is 0 Å². The van der Waals surface area contributed by atoms with Crippen molar-refractivity contribution in [2.75, 3.05) is 13.7 Å². The van der Waals surface area contributed by atoms with Crippen LogP contribution in [0.25, 0.3) is 0 Å². The zero-order chi connectivity index (χ0) is 15.9. The first-order valence-electron chi connectivity index (χ1n) is 7.07. The Hall–Kier alpha value is -2.62. The average Bonchev–Trinajstić information content (AvgIpc) is 2.55. The van der Waals surface area contributed by atoms with E-state index in [9.17, 15) is 9.59 Å². The van der Waals surface area contributed by atoms with Gasteiger partial charge in [-0.1, -0.05) is 48.0 Å². The van der Waals surface area contributed by atoms with Crippen LogP contribution in [0.4, 0.5) is 0 Å². The van der Waals surface area contributed by atoms with Gasteiger partial charge >= 0.3 is 5.97 Å². The summed E-state index contributed by atoms with van der Waals surface area (Å²) in [5, 5.41) is 0. The third kappa shape index (κ3) is 4.19. The Balaban J connectivity index is 2.21. The Morgan fingerprint density at radius 3 is 2.23 bits per heavy atom. The molecule has 0 N–H and O–H groups in total. The average molecular weight is 297 g/mol. The summed E-state index contributed by atoms with van der Waals surface area (Å²) in [6, 6.07) is 16.9. The van der Waals surface area contributed by atoms with Gasteiger partial charge in [0.05, 0.1) is 7.11 Å². The lowest BCUT2D eigenvalue weighted by atomic mass is 10.1. The highest BCUT2D eigenvalue weighted by Gasteiger charge is 2.19. The largest absolute Gasteiger partial charge is 0.468 e. The number of rotatable bonds is 5. The number of ether oxygens (including phenoxy) is 1. The van der Waals surface area contributed by atoms with Crippen LogP contribution < -0.4 is 0 Å². The SMILES string of the molecule is COC(=O)CN(Cc1ccccc1)C(=O)c1ccc(C)cc1. The minimum absolute atomic E-state index is 0.0713. The molecule has 0 bridgehead atoms. The predicted octanol–water partition coefficient (Wildman–Crippen LogP) is 2.81. The summed E-state index contributed by atoms with van der Waals surface area (Å²) in [6.07, 6.45) is 0. The molecule has 2 aromatic carbocycles. The first-order chi connectivity index (χ1) is 10.6. The van der Waals surface area contributed by atoms with Gasteiger partial charge in [0.25, 0.3) is 5.91 Å². The molecule has 0 aliphatic heterocycles. The summed E-state index contributed by atoms with van der Waals surface area (Å²) >= 11 is 0. The minimum atomic E-state index is -0.434. The normalized spacial score (nSPS) is 10.1. The van der Waals surface area contributed by atoms with E-state index in [4.69, 9.17) is 4.74 Å². The number of nitrogens with zero attached hydrogens (tertiary/aromatic N) is 1. The van der Waals surface area contributed by atoms with Crippen molar-refractivity contribution in [2.45, 2.75) is 13.5 Å². The van der Waals surface area contributed by atoms with Gasteiger partial charge in [0, 0.05) is 12.1 Å². The lowest BCUT2D eigenvalue weighted by Gasteiger charge is -2.21. The molecular formula is C18H19NO3. The van der Waals surface area contributed by atoms with E-state index in [1.165, 1.54) is 12.0 Å². The summed E-state index contributed by atoms with van der Waals surface area (Å²) in [4.78, 5) is 25.7. The first-order valence-corrected chi connectivity index (χ1v) is 7.07. The molecule has 0 aliphatic carbocycles. The number of hydrogen-bond acceptors (Lipinski definition) is 3. The number of methoxy groups -OCH3 is 1. The van der Waals surface area contributed by atoms with Gasteiger partial charge in [-0.25, -0.2) is 0 Å². The van der Waals surface area contributed by atoms with Crippen molar-refractivity contribution in [3.8, 4) is 0 Å². The van der Waals surface area contributed by atoms with Crippen LogP contribution in [-0.4, -0.2) is 30.4 Å². The molecule has 114 valence electrons. The summed E-state index contributed by atoms with van der Waals surface area (Å²) in [5.74, 6) is -0.620. The monoisotopic (exact) mass is 297 g/mol. The highest BCUT2D eigenvalue weighted by Crippen LogP contribution is 2.11. The van der Waals surface area contributed by atoms with Crippen molar-refractivity contribution >= 4 is 11.9 Å². The summed E-state index contributed by atoms with van der Waals surface area (Å²) in [5.41, 5.74) is 2.61. The molecule has 4 nitrogen and oxygen atoms in total. The molecule has 0 saturated heterocycles. The number of carbonyl (C=O) groups is 2. The van der Waals surface area contributed by atoms with Gasteiger partial charge in [0.2, 0.25) is 0 Å². The van der Waals surface area contributed by atoms with Crippen LogP contribution in [0.5, 0.6) is 0 Å². The molecule has 22 heavy (non-hydrogen) atoms. The second-order valence-corrected chi connectivity index (χ2v) is 5.09. The third-order valence-corrected chi connectivity index (χ3v) is 3.35. The van der Waals surface area contributed by atoms with Crippen LogP contribution in [0.15, 0.2) is 54.6 Å². The van der Waals surface area contributed by atoms with E-state index in [1.807, 2.05) is 49.4 Å². The highest BCUT2D eigenvalue weighted by atomic mass is 16.5. The van der Waals surface area contributed by atoms with Crippen LogP contribution in [0.2, 0.25) is 0 Å². The fraction of sp³-hybridized carbons (Fsp3) is 0.222. The van der Waals surface area contributed by atoms with Crippen molar-refractivity contribution in [1.29, 1.82) is 0 Å². The van der Waals surface area contributed by atoms with Gasteiger partial charge in [-0.15, -0.1) is 0 Å². The van der Waals surface area contributed by atoms with Gasteiger partial charge in [0.1, 0.15) is 6.54 Å². The molecule has 1 amide bonds. The van der Waals surface area contributed by atoms with E-state index in [2.05, 4.69) is 0 Å². The Morgan fingerprint density at radius 2 is 1.64 bits per heavy atom. The molecular weight excluding hydrogens is 278 g/mol. The van der Waals surface area contributed by atoms with Crippen molar-refractivity contribution in [3.05, 3.63) is 71.3 Å². The van der Waals surface area contributed by atoms with Crippen LogP contribution in [0.1, 0.15) is 21.5 Å². The van der Waals surface area contributed by atoms with Crippen molar-refractivity contribution < 1.29 is 14.3 Å². The topological polar surface area (TPSA) is 46.6 Å². The fourth-order valence-electron chi connectivity index (χ4n) is 2.10. The molecule has 0 fully saturated rings. The van der Waals surface area contributed by atoms with Crippen molar-refractivity contribution in [3.63, 3.8) is 0 Å². The summed E-state index contributed by atoms with van der Waals surface area (Å²) < 4.78 is 4.69. The van der Waals surface area contributed by atoms with Crippen LogP contribution in [-0.2, 0) is 16.1 Å². The zero-order valence-electron chi connectivity index (χ0n) is 12.8.